The Labute approximate surface area is 213 Å². The summed E-state index contributed by atoms with van der Waals surface area (Å²) in [4.78, 5) is 10.8. The Morgan fingerprint density at radius 1 is 0.886 bits per heavy atom. The zero-order valence-electron chi connectivity index (χ0n) is 22.4. The first-order chi connectivity index (χ1) is 15.8. The summed E-state index contributed by atoms with van der Waals surface area (Å²) in [6.45, 7) is 13.2. The lowest BCUT2D eigenvalue weighted by Gasteiger charge is -2.52. The van der Waals surface area contributed by atoms with Crippen LogP contribution in [0.25, 0.3) is 0 Å². The molecule has 1 rings (SSSR count). The predicted molar refractivity (Wildman–Crippen MR) is 138 cm³/mol. The molecule has 0 amide bonds. The Morgan fingerprint density at radius 3 is 1.74 bits per heavy atom. The second kappa shape index (κ2) is 11.6. The molecule has 1 fully saturated rings. The minimum absolute atomic E-state index is 0.0116. The molecule has 0 saturated carbocycles. The summed E-state index contributed by atoms with van der Waals surface area (Å²) in [5.41, 5.74) is -2.66. The van der Waals surface area contributed by atoms with Crippen molar-refractivity contribution in [1.29, 1.82) is 0 Å². The molecule has 1 aliphatic rings. The Bertz CT molecular complexity index is 814. The van der Waals surface area contributed by atoms with Gasteiger partial charge in [-0.1, -0.05) is 34.6 Å². The molecule has 0 aromatic rings. The number of hydrogen-bond donors (Lipinski definition) is 4. The molecule has 4 radical (unpaired) electrons. The lowest BCUT2D eigenvalue weighted by molar-refractivity contribution is -0.0391. The van der Waals surface area contributed by atoms with Crippen molar-refractivity contribution < 1.29 is 43.1 Å². The second-order valence-electron chi connectivity index (χ2n) is 10.3. The molecule has 1 saturated heterocycles. The van der Waals surface area contributed by atoms with Crippen LogP contribution >= 0.6 is 14.8 Å². The Balaban J connectivity index is 3.38. The van der Waals surface area contributed by atoms with E-state index in [1.54, 1.807) is 55.4 Å². The van der Waals surface area contributed by atoms with Crippen molar-refractivity contribution in [2.24, 2.45) is 0 Å². The highest BCUT2D eigenvalue weighted by Crippen LogP contribution is 2.69. The van der Waals surface area contributed by atoms with E-state index < -0.39 is 60.9 Å². The third-order valence-electron chi connectivity index (χ3n) is 8.31. The van der Waals surface area contributed by atoms with Gasteiger partial charge in [-0.2, -0.15) is 0 Å². The molecular formula is C22H44B2O9P2. The third kappa shape index (κ3) is 6.32. The van der Waals surface area contributed by atoms with Gasteiger partial charge < -0.3 is 34.0 Å². The van der Waals surface area contributed by atoms with Crippen LogP contribution in [0.15, 0.2) is 0 Å². The van der Waals surface area contributed by atoms with Crippen molar-refractivity contribution in [2.45, 2.75) is 140 Å². The molecule has 0 aromatic carbocycles. The topological polar surface area (TPSA) is 143 Å². The fraction of sp³-hybridized carbons (Fsp3) is 1.00. The summed E-state index contributed by atoms with van der Waals surface area (Å²) in [5, 5.41) is 27.6. The smallest absolute Gasteiger partial charge is 0.359 e. The molecule has 4 N–H and O–H groups in total. The molecule has 0 spiro atoms. The van der Waals surface area contributed by atoms with Gasteiger partial charge in [0.15, 0.2) is 12.6 Å². The number of aliphatic hydroxyl groups excluding tert-OH is 2. The van der Waals surface area contributed by atoms with Crippen molar-refractivity contribution in [3.05, 3.63) is 0 Å². The molecule has 3 unspecified atom stereocenters. The van der Waals surface area contributed by atoms with Crippen LogP contribution in [0.2, 0.25) is 0 Å². The van der Waals surface area contributed by atoms with E-state index in [1.165, 1.54) is 0 Å². The van der Waals surface area contributed by atoms with Crippen LogP contribution in [-0.2, 0) is 22.9 Å². The third-order valence-corrected chi connectivity index (χ3v) is 13.5. The van der Waals surface area contributed by atoms with Crippen LogP contribution in [0.5, 0.6) is 0 Å². The van der Waals surface area contributed by atoms with Crippen molar-refractivity contribution in [3.63, 3.8) is 0 Å². The molecule has 9 nitrogen and oxygen atoms in total. The van der Waals surface area contributed by atoms with Gasteiger partial charge in [0.2, 0.25) is 7.57 Å². The van der Waals surface area contributed by atoms with Gasteiger partial charge in [-0.3, -0.25) is 9.09 Å². The zero-order valence-corrected chi connectivity index (χ0v) is 24.2. The molecule has 202 valence electrons. The summed E-state index contributed by atoms with van der Waals surface area (Å²) in [5.74, 6) is 0. The first-order valence-electron chi connectivity index (χ1n) is 12.4. The van der Waals surface area contributed by atoms with Crippen LogP contribution in [0.4, 0.5) is 0 Å². The minimum atomic E-state index is -4.61. The summed E-state index contributed by atoms with van der Waals surface area (Å²) in [6.07, 6.45) is -2.70. The fourth-order valence-electron chi connectivity index (χ4n) is 4.52. The normalized spacial score (nSPS) is 32.1. The van der Waals surface area contributed by atoms with E-state index in [9.17, 15) is 29.3 Å². The van der Waals surface area contributed by atoms with Gasteiger partial charge in [-0.05, 0) is 52.9 Å². The molecule has 0 bridgehead atoms. The average molecular weight is 536 g/mol. The largest absolute Gasteiger partial charge is 0.388 e. The SMILES string of the molecule is [B][C@@H]1O[C@H](C[C@@](C)(CC)OP([B])(=O)[C@](C)(CC)C(C)(CC)OP(=O)(O)C(O)(CC)CC)[C@@H](O)[C@H]1O. The number of hydrogen-bond acceptors (Lipinski definition) is 8. The first kappa shape index (κ1) is 33.3. The van der Waals surface area contributed by atoms with Crippen LogP contribution in [0.3, 0.4) is 0 Å². The highest BCUT2D eigenvalue weighted by molar-refractivity contribution is 7.84. The van der Waals surface area contributed by atoms with Gasteiger partial charge in [-0.15, -0.1) is 0 Å². The van der Waals surface area contributed by atoms with E-state index >= 15 is 0 Å². The highest BCUT2D eigenvalue weighted by atomic mass is 31.2. The van der Waals surface area contributed by atoms with Gasteiger partial charge in [0.1, 0.15) is 14.0 Å². The molecule has 35 heavy (non-hydrogen) atoms. The van der Waals surface area contributed by atoms with Crippen molar-refractivity contribution in [3.8, 4) is 0 Å². The van der Waals surface area contributed by atoms with Crippen LogP contribution in [0, 0.1) is 0 Å². The number of ether oxygens (including phenoxy) is 1. The Kier molecular flexibility index (Phi) is 11.0. The van der Waals surface area contributed by atoms with Gasteiger partial charge in [0.05, 0.1) is 28.6 Å². The highest BCUT2D eigenvalue weighted by Gasteiger charge is 2.60. The maximum Gasteiger partial charge on any atom is 0.359 e. The van der Waals surface area contributed by atoms with Crippen molar-refractivity contribution in [1.82, 2.24) is 0 Å². The standard InChI is InChI=1S/C22H44B2O9P2/c1-9-19(6,14-15-16(25)17(26)18(23)31-15)32-34(24,28)21(8,11-3)20(7,10-2)33-35(29,30)22(27,12-4)13-5/h15-18,25-27H,9-14H2,1-8H3,(H,29,30)/t15-,16-,17-,18-,19-,20?,21-,34?/m1/s1. The lowest BCUT2D eigenvalue weighted by atomic mass is 9.85. The number of rotatable bonds is 14. The Hall–Kier alpha value is 0.310. The molecule has 1 aliphatic heterocycles. The van der Waals surface area contributed by atoms with E-state index in [-0.39, 0.29) is 32.1 Å². The molecular weight excluding hydrogens is 492 g/mol. The maximum atomic E-state index is 14.2. The predicted octanol–water partition coefficient (Wildman–Crippen LogP) is 3.59. The van der Waals surface area contributed by atoms with E-state index in [4.69, 9.17) is 29.2 Å². The van der Waals surface area contributed by atoms with Gasteiger partial charge >= 0.3 is 7.60 Å². The molecule has 0 aromatic heterocycles. The van der Waals surface area contributed by atoms with Gasteiger partial charge in [-0.25, -0.2) is 0 Å². The van der Waals surface area contributed by atoms with Crippen LogP contribution in [0.1, 0.15) is 93.9 Å². The summed E-state index contributed by atoms with van der Waals surface area (Å²) >= 11 is 0. The average Bonchev–Trinajstić information content (AvgIpc) is 3.02. The van der Waals surface area contributed by atoms with Crippen LogP contribution in [-0.4, -0.2) is 81.6 Å². The van der Waals surface area contributed by atoms with Crippen molar-refractivity contribution >= 4 is 30.3 Å². The van der Waals surface area contributed by atoms with E-state index in [2.05, 4.69) is 0 Å². The summed E-state index contributed by atoms with van der Waals surface area (Å²) < 4.78 is 44.8. The quantitative estimate of drug-likeness (QED) is 0.194. The first-order valence-corrected chi connectivity index (χ1v) is 15.7. The van der Waals surface area contributed by atoms with Gasteiger partial charge in [0.25, 0.3) is 0 Å². The monoisotopic (exact) mass is 536 g/mol. The van der Waals surface area contributed by atoms with Crippen molar-refractivity contribution in [2.75, 3.05) is 0 Å². The number of aliphatic hydroxyl groups is 3. The lowest BCUT2D eigenvalue weighted by Crippen LogP contribution is -2.53. The van der Waals surface area contributed by atoms with E-state index in [1.807, 2.05) is 0 Å². The molecule has 0 aliphatic carbocycles. The Morgan fingerprint density at radius 2 is 1.40 bits per heavy atom. The summed E-state index contributed by atoms with van der Waals surface area (Å²) in [6, 6.07) is -1.06. The van der Waals surface area contributed by atoms with Gasteiger partial charge in [0, 0.05) is 12.4 Å². The molecule has 9 atom stereocenters. The maximum absolute atomic E-state index is 14.2. The second-order valence-corrected chi connectivity index (χ2v) is 14.7. The zero-order chi connectivity index (χ0) is 27.7. The minimum Gasteiger partial charge on any atom is -0.388 e. The van der Waals surface area contributed by atoms with E-state index in [0.717, 1.165) is 0 Å². The van der Waals surface area contributed by atoms with Crippen LogP contribution < -0.4 is 0 Å². The fourth-order valence-corrected chi connectivity index (χ4v) is 8.80. The molecule has 1 heterocycles. The summed E-state index contributed by atoms with van der Waals surface area (Å²) in [7, 11) is 3.39. The molecule has 13 heteroatoms. The van der Waals surface area contributed by atoms with E-state index in [0.29, 0.717) is 6.42 Å².